The molecule has 2 aliphatic rings. The second-order valence-electron chi connectivity index (χ2n) is 6.68. The summed E-state index contributed by atoms with van der Waals surface area (Å²) in [5, 5.41) is 8.89. The van der Waals surface area contributed by atoms with Crippen LogP contribution in [0.5, 0.6) is 0 Å². The highest BCUT2D eigenvalue weighted by molar-refractivity contribution is 7.89. The first-order valence-electron chi connectivity index (χ1n) is 8.79. The molecule has 10 heteroatoms. The van der Waals surface area contributed by atoms with Crippen molar-refractivity contribution in [1.29, 1.82) is 0 Å². The van der Waals surface area contributed by atoms with Crippen molar-refractivity contribution in [3.8, 4) is 0 Å². The van der Waals surface area contributed by atoms with Crippen molar-refractivity contribution in [1.82, 2.24) is 20.3 Å². The summed E-state index contributed by atoms with van der Waals surface area (Å²) in [4.78, 5) is 24.1. The molecule has 0 aromatic heterocycles. The number of halogens is 1. The van der Waals surface area contributed by atoms with Gasteiger partial charge in [0.05, 0.1) is 11.4 Å². The van der Waals surface area contributed by atoms with E-state index in [2.05, 4.69) is 16.0 Å². The Morgan fingerprint density at radius 2 is 2.07 bits per heavy atom. The molecular formula is C17H25ClN4O4S. The molecule has 2 saturated heterocycles. The van der Waals surface area contributed by atoms with E-state index in [1.807, 2.05) is 6.92 Å². The summed E-state index contributed by atoms with van der Waals surface area (Å²) in [6.07, 6.45) is 1.88. The topological polar surface area (TPSA) is 108 Å². The summed E-state index contributed by atoms with van der Waals surface area (Å²) >= 11 is 0. The number of benzene rings is 1. The van der Waals surface area contributed by atoms with Gasteiger partial charge in [-0.25, -0.2) is 8.42 Å². The van der Waals surface area contributed by atoms with Crippen LogP contribution in [-0.4, -0.2) is 62.8 Å². The molecule has 2 unspecified atom stereocenters. The average molecular weight is 417 g/mol. The van der Waals surface area contributed by atoms with Crippen LogP contribution in [0.3, 0.4) is 0 Å². The van der Waals surface area contributed by atoms with E-state index in [0.717, 1.165) is 23.7 Å². The molecule has 0 spiro atoms. The molecule has 0 radical (unpaired) electrons. The Morgan fingerprint density at radius 3 is 2.78 bits per heavy atom. The molecule has 2 heterocycles. The van der Waals surface area contributed by atoms with Gasteiger partial charge in [0.2, 0.25) is 15.9 Å². The third-order valence-corrected chi connectivity index (χ3v) is 6.66. The number of carbonyl (C=O) groups is 2. The number of carbonyl (C=O) groups excluding carboxylic acids is 2. The molecule has 1 aromatic carbocycles. The van der Waals surface area contributed by atoms with Gasteiger partial charge < -0.3 is 16.0 Å². The highest BCUT2D eigenvalue weighted by Gasteiger charge is 2.30. The molecule has 150 valence electrons. The van der Waals surface area contributed by atoms with Crippen molar-refractivity contribution in [3.05, 3.63) is 29.8 Å². The largest absolute Gasteiger partial charge is 0.354 e. The lowest BCUT2D eigenvalue weighted by Gasteiger charge is -2.30. The number of nitrogens with one attached hydrogen (secondary N) is 3. The lowest BCUT2D eigenvalue weighted by atomic mass is 9.99. The number of nitrogens with zero attached hydrogens (tertiary/aromatic N) is 1. The van der Waals surface area contributed by atoms with Gasteiger partial charge in [-0.3, -0.25) is 9.59 Å². The summed E-state index contributed by atoms with van der Waals surface area (Å²) in [6, 6.07) is 6.16. The Kier molecular flexibility index (Phi) is 7.21. The zero-order chi connectivity index (χ0) is 18.7. The van der Waals surface area contributed by atoms with Gasteiger partial charge in [0.15, 0.2) is 0 Å². The van der Waals surface area contributed by atoms with E-state index in [0.29, 0.717) is 5.56 Å². The third kappa shape index (κ3) is 4.98. The van der Waals surface area contributed by atoms with Crippen molar-refractivity contribution in [3.63, 3.8) is 0 Å². The van der Waals surface area contributed by atoms with Gasteiger partial charge in [0.1, 0.15) is 0 Å². The number of piperidine rings is 1. The maximum Gasteiger partial charge on any atom is 0.251 e. The first kappa shape index (κ1) is 21.6. The van der Waals surface area contributed by atoms with Crippen LogP contribution in [0.25, 0.3) is 0 Å². The van der Waals surface area contributed by atoms with E-state index >= 15 is 0 Å². The predicted octanol–water partition coefficient (Wildman–Crippen LogP) is 0.0992. The fraction of sp³-hybridized carbons (Fsp3) is 0.529. The maximum atomic E-state index is 12.8. The normalized spacial score (nSPS) is 23.8. The summed E-state index contributed by atoms with van der Waals surface area (Å²) in [5.41, 5.74) is 0.297. The van der Waals surface area contributed by atoms with E-state index in [-0.39, 0.29) is 60.8 Å². The van der Waals surface area contributed by atoms with Crippen LogP contribution in [0.2, 0.25) is 0 Å². The van der Waals surface area contributed by atoms with Crippen LogP contribution in [-0.2, 0) is 14.8 Å². The fourth-order valence-corrected chi connectivity index (χ4v) is 4.70. The van der Waals surface area contributed by atoms with Crippen LogP contribution in [0.1, 0.15) is 30.1 Å². The molecule has 2 aliphatic heterocycles. The van der Waals surface area contributed by atoms with Crippen molar-refractivity contribution < 1.29 is 18.0 Å². The van der Waals surface area contributed by atoms with Crippen molar-refractivity contribution >= 4 is 34.2 Å². The molecule has 2 fully saturated rings. The number of rotatable bonds is 4. The number of piperazine rings is 1. The monoisotopic (exact) mass is 416 g/mol. The van der Waals surface area contributed by atoms with Crippen LogP contribution in [0.4, 0.5) is 0 Å². The van der Waals surface area contributed by atoms with Gasteiger partial charge in [-0.1, -0.05) is 6.07 Å². The van der Waals surface area contributed by atoms with Gasteiger partial charge in [0.25, 0.3) is 5.91 Å². The molecule has 2 atom stereocenters. The second-order valence-corrected chi connectivity index (χ2v) is 8.62. The van der Waals surface area contributed by atoms with E-state index in [1.54, 1.807) is 12.1 Å². The molecular weight excluding hydrogens is 392 g/mol. The van der Waals surface area contributed by atoms with Crippen LogP contribution < -0.4 is 16.0 Å². The lowest BCUT2D eigenvalue weighted by molar-refractivity contribution is -0.122. The van der Waals surface area contributed by atoms with Crippen LogP contribution in [0.15, 0.2) is 29.2 Å². The smallest absolute Gasteiger partial charge is 0.251 e. The van der Waals surface area contributed by atoms with Crippen LogP contribution in [0, 0.1) is 0 Å². The average Bonchev–Trinajstić information content (AvgIpc) is 2.63. The van der Waals surface area contributed by atoms with E-state index in [1.165, 1.54) is 12.1 Å². The van der Waals surface area contributed by atoms with Crippen molar-refractivity contribution in [2.45, 2.75) is 36.7 Å². The van der Waals surface area contributed by atoms with Gasteiger partial charge >= 0.3 is 0 Å². The molecule has 0 aliphatic carbocycles. The molecule has 2 amide bonds. The number of hydrogen-bond acceptors (Lipinski definition) is 5. The molecule has 0 bridgehead atoms. The summed E-state index contributed by atoms with van der Waals surface area (Å²) < 4.78 is 26.6. The summed E-state index contributed by atoms with van der Waals surface area (Å²) in [5.74, 6) is -0.619. The zero-order valence-electron chi connectivity index (χ0n) is 15.1. The van der Waals surface area contributed by atoms with Gasteiger partial charge in [-0.2, -0.15) is 4.31 Å². The lowest BCUT2D eigenvalue weighted by Crippen LogP contribution is -2.52. The highest BCUT2D eigenvalue weighted by Crippen LogP contribution is 2.18. The second kappa shape index (κ2) is 9.01. The predicted molar refractivity (Wildman–Crippen MR) is 103 cm³/mol. The molecule has 27 heavy (non-hydrogen) atoms. The first-order valence-corrected chi connectivity index (χ1v) is 10.2. The van der Waals surface area contributed by atoms with E-state index < -0.39 is 10.0 Å². The molecule has 0 saturated carbocycles. The number of hydrogen-bond donors (Lipinski definition) is 3. The first-order chi connectivity index (χ1) is 12.4. The Labute approximate surface area is 165 Å². The maximum absolute atomic E-state index is 12.8. The van der Waals surface area contributed by atoms with Gasteiger partial charge in [-0.15, -0.1) is 12.4 Å². The summed E-state index contributed by atoms with van der Waals surface area (Å²) in [6.45, 7) is 3.25. The minimum atomic E-state index is -3.81. The van der Waals surface area contributed by atoms with E-state index in [4.69, 9.17) is 0 Å². The summed E-state index contributed by atoms with van der Waals surface area (Å²) in [7, 11) is -3.81. The third-order valence-electron chi connectivity index (χ3n) is 4.82. The Morgan fingerprint density at radius 1 is 1.30 bits per heavy atom. The number of sulfonamides is 1. The fourth-order valence-electron chi connectivity index (χ4n) is 3.26. The SMILES string of the molecule is CC1NCCCC1NC(=O)c1cccc(S(=O)(=O)N2CCNC(=O)C2)c1.Cl. The molecule has 3 N–H and O–H groups in total. The minimum absolute atomic E-state index is 0. The van der Waals surface area contributed by atoms with E-state index in [9.17, 15) is 18.0 Å². The van der Waals surface area contributed by atoms with Gasteiger partial charge in [0, 0.05) is 30.7 Å². The standard InChI is InChI=1S/C17H24N4O4S.ClH/c1-12-15(6-3-7-18-12)20-17(23)13-4-2-5-14(10-13)26(24,25)21-9-8-19-16(22)11-21;/h2,4-5,10,12,15,18H,3,6-9,11H2,1H3,(H,19,22)(H,20,23);1H. The van der Waals surface area contributed by atoms with Gasteiger partial charge in [-0.05, 0) is 44.5 Å². The Hall–Kier alpha value is -1.68. The highest BCUT2D eigenvalue weighted by atomic mass is 35.5. The van der Waals surface area contributed by atoms with Crippen LogP contribution >= 0.6 is 12.4 Å². The Balaban J connectivity index is 0.00000261. The Bertz CT molecular complexity index is 802. The van der Waals surface area contributed by atoms with Crippen molar-refractivity contribution in [2.24, 2.45) is 0 Å². The quantitative estimate of drug-likeness (QED) is 0.645. The van der Waals surface area contributed by atoms with Crippen molar-refractivity contribution in [2.75, 3.05) is 26.2 Å². The molecule has 3 rings (SSSR count). The molecule has 8 nitrogen and oxygen atoms in total. The number of amides is 2. The minimum Gasteiger partial charge on any atom is -0.354 e. The molecule has 1 aromatic rings. The zero-order valence-corrected chi connectivity index (χ0v) is 16.7.